The minimum Gasteiger partial charge on any atom is -0.495 e. The summed E-state index contributed by atoms with van der Waals surface area (Å²) in [5.41, 5.74) is 3.88. The number of ether oxygens (including phenoxy) is 3. The summed E-state index contributed by atoms with van der Waals surface area (Å²) >= 11 is 0. The molecule has 0 saturated carbocycles. The fourth-order valence-corrected chi connectivity index (χ4v) is 2.68. The predicted molar refractivity (Wildman–Crippen MR) is 119 cm³/mol. The highest BCUT2D eigenvalue weighted by Crippen LogP contribution is 2.28. The molecule has 0 saturated heterocycles. The standard InChI is InChI=1S/C23H22N4O5/c1-30-19-9-4-3-7-17(19)26-22(28)15-32-20-11-10-16(13-21(20)31-2)14-25-27-23(29)18-8-5-6-12-24-18/h3-14H,15H2,1-2H3,(H,26,28)(H,27,29). The molecule has 0 aliphatic heterocycles. The Balaban J connectivity index is 1.57. The molecule has 164 valence electrons. The van der Waals surface area contributed by atoms with Crippen LogP contribution < -0.4 is 25.0 Å². The number of rotatable bonds is 9. The zero-order valence-corrected chi connectivity index (χ0v) is 17.6. The summed E-state index contributed by atoms with van der Waals surface area (Å²) in [6.07, 6.45) is 2.99. The number of carbonyl (C=O) groups is 2. The molecule has 0 radical (unpaired) electrons. The molecule has 0 aliphatic carbocycles. The molecule has 32 heavy (non-hydrogen) atoms. The molecule has 2 amide bonds. The second-order valence-electron chi connectivity index (χ2n) is 6.36. The van der Waals surface area contributed by atoms with Crippen LogP contribution in [0.4, 0.5) is 5.69 Å². The Hall–Kier alpha value is -4.40. The smallest absolute Gasteiger partial charge is 0.289 e. The predicted octanol–water partition coefficient (Wildman–Crippen LogP) is 2.88. The van der Waals surface area contributed by atoms with Gasteiger partial charge in [0.15, 0.2) is 18.1 Å². The molecule has 0 spiro atoms. The first-order valence-electron chi connectivity index (χ1n) is 9.59. The molecule has 1 heterocycles. The van der Waals surface area contributed by atoms with Crippen molar-refractivity contribution in [3.05, 3.63) is 78.1 Å². The molecule has 0 aliphatic rings. The van der Waals surface area contributed by atoms with Gasteiger partial charge in [-0.25, -0.2) is 5.43 Å². The number of nitrogens with one attached hydrogen (secondary N) is 2. The summed E-state index contributed by atoms with van der Waals surface area (Å²) in [6.45, 7) is -0.220. The molecule has 2 aromatic carbocycles. The lowest BCUT2D eigenvalue weighted by Crippen LogP contribution is -2.20. The van der Waals surface area contributed by atoms with Gasteiger partial charge >= 0.3 is 0 Å². The molecule has 9 heteroatoms. The molecule has 9 nitrogen and oxygen atoms in total. The van der Waals surface area contributed by atoms with Crippen molar-refractivity contribution in [2.24, 2.45) is 5.10 Å². The third kappa shape index (κ3) is 6.05. The van der Waals surface area contributed by atoms with Gasteiger partial charge in [-0.15, -0.1) is 0 Å². The molecule has 0 fully saturated rings. The first-order valence-corrected chi connectivity index (χ1v) is 9.59. The fraction of sp³-hybridized carbons (Fsp3) is 0.130. The highest BCUT2D eigenvalue weighted by molar-refractivity contribution is 5.94. The maximum atomic E-state index is 12.2. The molecule has 3 rings (SSSR count). The van der Waals surface area contributed by atoms with Crippen LogP contribution in [-0.2, 0) is 4.79 Å². The molecule has 0 unspecified atom stereocenters. The highest BCUT2D eigenvalue weighted by atomic mass is 16.5. The average molecular weight is 434 g/mol. The van der Waals surface area contributed by atoms with Crippen LogP contribution in [0.1, 0.15) is 16.1 Å². The normalized spacial score (nSPS) is 10.4. The number of anilines is 1. The summed E-state index contributed by atoms with van der Waals surface area (Å²) in [5, 5.41) is 6.66. The Morgan fingerprint density at radius 1 is 0.969 bits per heavy atom. The molecule has 3 aromatic rings. The van der Waals surface area contributed by atoms with Gasteiger partial charge in [-0.2, -0.15) is 5.10 Å². The molecule has 0 bridgehead atoms. The fourth-order valence-electron chi connectivity index (χ4n) is 2.68. The second kappa shape index (κ2) is 11.1. The topological polar surface area (TPSA) is 111 Å². The third-order valence-electron chi connectivity index (χ3n) is 4.20. The number of aromatic nitrogens is 1. The zero-order chi connectivity index (χ0) is 22.8. The van der Waals surface area contributed by atoms with Crippen LogP contribution >= 0.6 is 0 Å². The monoisotopic (exact) mass is 434 g/mol. The summed E-state index contributed by atoms with van der Waals surface area (Å²) in [4.78, 5) is 28.2. The van der Waals surface area contributed by atoms with Crippen LogP contribution in [0.2, 0.25) is 0 Å². The SMILES string of the molecule is COc1ccccc1NC(=O)COc1ccc(C=NNC(=O)c2ccccn2)cc1OC. The highest BCUT2D eigenvalue weighted by Gasteiger charge is 2.11. The number of nitrogens with zero attached hydrogens (tertiary/aromatic N) is 2. The number of amides is 2. The van der Waals surface area contributed by atoms with E-state index >= 15 is 0 Å². The van der Waals surface area contributed by atoms with Crippen molar-refractivity contribution >= 4 is 23.7 Å². The van der Waals surface area contributed by atoms with Gasteiger partial charge in [0.1, 0.15) is 11.4 Å². The van der Waals surface area contributed by atoms with Crippen molar-refractivity contribution in [2.75, 3.05) is 26.1 Å². The van der Waals surface area contributed by atoms with E-state index in [1.807, 2.05) is 6.07 Å². The van der Waals surface area contributed by atoms with E-state index in [-0.39, 0.29) is 18.2 Å². The molecule has 1 aromatic heterocycles. The van der Waals surface area contributed by atoms with E-state index in [9.17, 15) is 9.59 Å². The van der Waals surface area contributed by atoms with Crippen LogP contribution in [0.15, 0.2) is 72.0 Å². The first kappa shape index (κ1) is 22.3. The summed E-state index contributed by atoms with van der Waals surface area (Å²) in [5.74, 6) is 0.582. The van der Waals surface area contributed by atoms with E-state index < -0.39 is 5.91 Å². The molecule has 0 atom stereocenters. The number of hydrogen-bond donors (Lipinski definition) is 2. The van der Waals surface area contributed by atoms with Crippen LogP contribution in [-0.4, -0.2) is 43.8 Å². The van der Waals surface area contributed by atoms with Crippen molar-refractivity contribution in [2.45, 2.75) is 0 Å². The van der Waals surface area contributed by atoms with Crippen molar-refractivity contribution in [1.29, 1.82) is 0 Å². The minimum atomic E-state index is -0.421. The quantitative estimate of drug-likeness (QED) is 0.396. The Bertz CT molecular complexity index is 1100. The number of carbonyl (C=O) groups excluding carboxylic acids is 2. The Kier molecular flexibility index (Phi) is 7.74. The van der Waals surface area contributed by atoms with Gasteiger partial charge in [-0.05, 0) is 48.0 Å². The van der Waals surface area contributed by atoms with Crippen LogP contribution in [0.25, 0.3) is 0 Å². The van der Waals surface area contributed by atoms with E-state index in [1.54, 1.807) is 54.6 Å². The largest absolute Gasteiger partial charge is 0.495 e. The minimum absolute atomic E-state index is 0.220. The zero-order valence-electron chi connectivity index (χ0n) is 17.6. The van der Waals surface area contributed by atoms with Gasteiger partial charge in [-0.3, -0.25) is 14.6 Å². The molecular weight excluding hydrogens is 412 g/mol. The van der Waals surface area contributed by atoms with E-state index in [0.717, 1.165) is 0 Å². The van der Waals surface area contributed by atoms with Crippen molar-refractivity contribution in [3.8, 4) is 17.2 Å². The first-order chi connectivity index (χ1) is 15.6. The van der Waals surface area contributed by atoms with Gasteiger partial charge in [-0.1, -0.05) is 18.2 Å². The van der Waals surface area contributed by atoms with Crippen molar-refractivity contribution in [3.63, 3.8) is 0 Å². The van der Waals surface area contributed by atoms with Gasteiger partial charge in [0.05, 0.1) is 26.1 Å². The maximum Gasteiger partial charge on any atom is 0.289 e. The third-order valence-corrected chi connectivity index (χ3v) is 4.20. The number of para-hydroxylation sites is 2. The van der Waals surface area contributed by atoms with E-state index in [1.165, 1.54) is 26.6 Å². The Morgan fingerprint density at radius 3 is 2.50 bits per heavy atom. The van der Waals surface area contributed by atoms with Crippen molar-refractivity contribution < 1.29 is 23.8 Å². The van der Waals surface area contributed by atoms with Crippen molar-refractivity contribution in [1.82, 2.24) is 10.4 Å². The second-order valence-corrected chi connectivity index (χ2v) is 6.36. The number of pyridine rings is 1. The van der Waals surface area contributed by atoms with Crippen LogP contribution in [0.5, 0.6) is 17.2 Å². The van der Waals surface area contributed by atoms with E-state index in [0.29, 0.717) is 28.5 Å². The number of benzene rings is 2. The van der Waals surface area contributed by atoms with Gasteiger partial charge in [0.2, 0.25) is 0 Å². The lowest BCUT2D eigenvalue weighted by atomic mass is 10.2. The van der Waals surface area contributed by atoms with Crippen LogP contribution in [0.3, 0.4) is 0 Å². The lowest BCUT2D eigenvalue weighted by Gasteiger charge is -2.12. The number of methoxy groups -OCH3 is 2. The molecular formula is C23H22N4O5. The summed E-state index contributed by atoms with van der Waals surface area (Å²) in [6, 6.07) is 17.1. The van der Waals surface area contributed by atoms with Gasteiger partial charge in [0, 0.05) is 6.20 Å². The van der Waals surface area contributed by atoms with E-state index in [2.05, 4.69) is 20.8 Å². The van der Waals surface area contributed by atoms with Gasteiger partial charge in [0.25, 0.3) is 11.8 Å². The number of hydrazone groups is 1. The average Bonchev–Trinajstić information content (AvgIpc) is 2.83. The summed E-state index contributed by atoms with van der Waals surface area (Å²) < 4.78 is 16.1. The molecule has 2 N–H and O–H groups in total. The van der Waals surface area contributed by atoms with Gasteiger partial charge < -0.3 is 19.5 Å². The summed E-state index contributed by atoms with van der Waals surface area (Å²) in [7, 11) is 3.02. The lowest BCUT2D eigenvalue weighted by molar-refractivity contribution is -0.118. The Morgan fingerprint density at radius 2 is 1.75 bits per heavy atom. The maximum absolute atomic E-state index is 12.2. The van der Waals surface area contributed by atoms with E-state index in [4.69, 9.17) is 14.2 Å². The Labute approximate surface area is 185 Å². The number of hydrogen-bond acceptors (Lipinski definition) is 7. The van der Waals surface area contributed by atoms with Crippen LogP contribution in [0, 0.1) is 0 Å².